The molecule has 19 heavy (non-hydrogen) atoms. The monoisotopic (exact) mass is 265 g/mol. The van der Waals surface area contributed by atoms with Gasteiger partial charge < -0.3 is 9.67 Å². The molecule has 0 spiro atoms. The minimum absolute atomic E-state index is 0.0334. The third kappa shape index (κ3) is 2.73. The molecule has 0 fully saturated rings. The van der Waals surface area contributed by atoms with Crippen LogP contribution in [0.3, 0.4) is 0 Å². The molecule has 0 aliphatic heterocycles. The molecule has 2 rings (SSSR count). The number of hydrogen-bond donors (Lipinski definition) is 1. The second kappa shape index (κ2) is 4.84. The van der Waals surface area contributed by atoms with Gasteiger partial charge in [0.2, 0.25) is 0 Å². The molecule has 0 saturated carbocycles. The van der Waals surface area contributed by atoms with Crippen molar-refractivity contribution in [2.24, 2.45) is 0 Å². The first-order chi connectivity index (χ1) is 8.97. The van der Waals surface area contributed by atoms with E-state index in [1.165, 1.54) is 17.1 Å². The lowest BCUT2D eigenvalue weighted by Gasteiger charge is -2.03. The van der Waals surface area contributed by atoms with Gasteiger partial charge in [-0.15, -0.1) is 0 Å². The highest BCUT2D eigenvalue weighted by molar-refractivity contribution is 5.84. The maximum Gasteiger partial charge on any atom is 0.356 e. The average Bonchev–Trinajstić information content (AvgIpc) is 2.77. The van der Waals surface area contributed by atoms with Crippen molar-refractivity contribution in [3.8, 4) is 0 Å². The minimum Gasteiger partial charge on any atom is -0.476 e. The number of nitrogens with zero attached hydrogens (tertiary/aromatic N) is 3. The first-order valence-corrected chi connectivity index (χ1v) is 5.15. The summed E-state index contributed by atoms with van der Waals surface area (Å²) >= 11 is 0. The van der Waals surface area contributed by atoms with Crippen molar-refractivity contribution < 1.29 is 19.2 Å². The van der Waals surface area contributed by atoms with Gasteiger partial charge in [-0.1, -0.05) is 0 Å². The smallest absolute Gasteiger partial charge is 0.356 e. The number of carbonyl (C=O) groups is 1. The van der Waals surface area contributed by atoms with Crippen molar-refractivity contribution in [1.29, 1.82) is 0 Å². The van der Waals surface area contributed by atoms with Gasteiger partial charge in [-0.2, -0.15) is 0 Å². The van der Waals surface area contributed by atoms with Crippen LogP contribution in [0.5, 0.6) is 0 Å². The summed E-state index contributed by atoms with van der Waals surface area (Å²) in [5.74, 6) is -1.80. The van der Waals surface area contributed by atoms with E-state index in [1.807, 2.05) is 0 Å². The van der Waals surface area contributed by atoms with Crippen molar-refractivity contribution in [2.45, 2.75) is 6.54 Å². The molecule has 1 aromatic carbocycles. The Morgan fingerprint density at radius 1 is 1.53 bits per heavy atom. The van der Waals surface area contributed by atoms with Gasteiger partial charge in [0.15, 0.2) is 5.69 Å². The van der Waals surface area contributed by atoms with E-state index in [2.05, 4.69) is 4.98 Å². The topological polar surface area (TPSA) is 98.3 Å². The van der Waals surface area contributed by atoms with Crippen LogP contribution in [-0.4, -0.2) is 25.6 Å². The van der Waals surface area contributed by atoms with Crippen LogP contribution < -0.4 is 0 Å². The molecule has 0 unspecified atom stereocenters. The predicted molar refractivity (Wildman–Crippen MR) is 61.3 cm³/mol. The van der Waals surface area contributed by atoms with E-state index < -0.39 is 16.7 Å². The number of nitro groups is 1. The van der Waals surface area contributed by atoms with Crippen LogP contribution in [0.4, 0.5) is 10.1 Å². The quantitative estimate of drug-likeness (QED) is 0.669. The third-order valence-corrected chi connectivity index (χ3v) is 2.44. The first kappa shape index (κ1) is 12.7. The highest BCUT2D eigenvalue weighted by Crippen LogP contribution is 2.20. The fourth-order valence-electron chi connectivity index (χ4n) is 1.61. The van der Waals surface area contributed by atoms with E-state index in [9.17, 15) is 19.3 Å². The Kier molecular flexibility index (Phi) is 3.23. The molecule has 0 amide bonds. The number of aromatic nitrogens is 2. The van der Waals surface area contributed by atoms with E-state index in [0.29, 0.717) is 0 Å². The molecular formula is C11H8FN3O4. The van der Waals surface area contributed by atoms with Crippen LogP contribution in [0, 0.1) is 15.9 Å². The van der Waals surface area contributed by atoms with Crippen LogP contribution in [0.25, 0.3) is 0 Å². The Morgan fingerprint density at radius 2 is 2.26 bits per heavy atom. The molecule has 1 heterocycles. The van der Waals surface area contributed by atoms with Crippen molar-refractivity contribution in [3.05, 3.63) is 57.9 Å². The second-order valence-electron chi connectivity index (χ2n) is 3.77. The van der Waals surface area contributed by atoms with Gasteiger partial charge in [0.05, 0.1) is 23.4 Å². The lowest BCUT2D eigenvalue weighted by Crippen LogP contribution is -2.02. The zero-order chi connectivity index (χ0) is 14.0. The molecule has 0 bridgehead atoms. The van der Waals surface area contributed by atoms with E-state index in [0.717, 1.165) is 18.2 Å². The Balaban J connectivity index is 2.33. The summed E-state index contributed by atoms with van der Waals surface area (Å²) in [4.78, 5) is 24.4. The van der Waals surface area contributed by atoms with Gasteiger partial charge in [-0.3, -0.25) is 10.1 Å². The second-order valence-corrected chi connectivity index (χ2v) is 3.77. The number of hydrogen-bond acceptors (Lipinski definition) is 4. The highest BCUT2D eigenvalue weighted by Gasteiger charge is 2.15. The van der Waals surface area contributed by atoms with Gasteiger partial charge in [-0.05, 0) is 12.1 Å². The van der Waals surface area contributed by atoms with Crippen molar-refractivity contribution in [3.63, 3.8) is 0 Å². The van der Waals surface area contributed by atoms with Crippen molar-refractivity contribution in [2.75, 3.05) is 0 Å². The average molecular weight is 265 g/mol. The van der Waals surface area contributed by atoms with Crippen molar-refractivity contribution >= 4 is 11.7 Å². The molecule has 2 aromatic rings. The number of nitro benzene ring substituents is 1. The van der Waals surface area contributed by atoms with Crippen LogP contribution in [-0.2, 0) is 6.54 Å². The summed E-state index contributed by atoms with van der Waals surface area (Å²) in [7, 11) is 0. The Labute approximate surface area is 106 Å². The van der Waals surface area contributed by atoms with Crippen LogP contribution >= 0.6 is 0 Å². The molecule has 0 aliphatic rings. The Morgan fingerprint density at radius 3 is 2.84 bits per heavy atom. The summed E-state index contributed by atoms with van der Waals surface area (Å²) in [5.41, 5.74) is -0.273. The fraction of sp³-hybridized carbons (Fsp3) is 0.0909. The van der Waals surface area contributed by atoms with Gasteiger partial charge >= 0.3 is 5.97 Å². The number of halogens is 1. The minimum atomic E-state index is -1.20. The van der Waals surface area contributed by atoms with Crippen LogP contribution in [0.2, 0.25) is 0 Å². The lowest BCUT2D eigenvalue weighted by molar-refractivity contribution is -0.385. The van der Waals surface area contributed by atoms with Crippen LogP contribution in [0.15, 0.2) is 30.7 Å². The predicted octanol–water partition coefficient (Wildman–Crippen LogP) is 1.68. The maximum absolute atomic E-state index is 13.1. The number of rotatable bonds is 4. The molecule has 0 atom stereocenters. The summed E-state index contributed by atoms with van der Waals surface area (Å²) in [5, 5.41) is 19.5. The van der Waals surface area contributed by atoms with E-state index in [4.69, 9.17) is 5.11 Å². The van der Waals surface area contributed by atoms with Gasteiger partial charge in [-0.25, -0.2) is 14.2 Å². The summed E-state index contributed by atoms with van der Waals surface area (Å²) in [6.45, 7) is -0.0334. The maximum atomic E-state index is 13.1. The first-order valence-electron chi connectivity index (χ1n) is 5.15. The largest absolute Gasteiger partial charge is 0.476 e. The summed E-state index contributed by atoms with van der Waals surface area (Å²) in [6.07, 6.45) is 2.44. The number of carboxylic acids is 1. The molecule has 0 saturated heterocycles. The molecule has 98 valence electrons. The molecule has 1 aromatic heterocycles. The van der Waals surface area contributed by atoms with Gasteiger partial charge in [0.1, 0.15) is 5.82 Å². The van der Waals surface area contributed by atoms with E-state index in [1.54, 1.807) is 0 Å². The molecule has 8 heteroatoms. The van der Waals surface area contributed by atoms with Gasteiger partial charge in [0, 0.05) is 12.3 Å². The zero-order valence-electron chi connectivity index (χ0n) is 9.49. The molecular weight excluding hydrogens is 257 g/mol. The van der Waals surface area contributed by atoms with Crippen molar-refractivity contribution in [1.82, 2.24) is 9.55 Å². The third-order valence-electron chi connectivity index (χ3n) is 2.44. The number of carboxylic acid groups (broad SMARTS) is 1. The number of benzene rings is 1. The lowest BCUT2D eigenvalue weighted by atomic mass is 10.1. The molecule has 0 radical (unpaired) electrons. The number of aromatic carboxylic acids is 1. The summed E-state index contributed by atoms with van der Waals surface area (Å²) in [6, 6.07) is 3.11. The zero-order valence-corrected chi connectivity index (χ0v) is 9.49. The fourth-order valence-corrected chi connectivity index (χ4v) is 1.61. The van der Waals surface area contributed by atoms with E-state index in [-0.39, 0.29) is 23.5 Å². The highest BCUT2D eigenvalue weighted by atomic mass is 19.1. The summed E-state index contributed by atoms with van der Waals surface area (Å²) < 4.78 is 14.4. The van der Waals surface area contributed by atoms with Crippen LogP contribution in [0.1, 0.15) is 16.1 Å². The van der Waals surface area contributed by atoms with Gasteiger partial charge in [0.25, 0.3) is 5.69 Å². The Bertz CT molecular complexity index is 653. The van der Waals surface area contributed by atoms with E-state index >= 15 is 0 Å². The number of imidazole rings is 1. The Hall–Kier alpha value is -2.77. The molecule has 0 aliphatic carbocycles. The standard InChI is InChI=1S/C11H8FN3O4/c12-8-1-2-10(15(18)19)7(3-8)4-14-5-9(11(16)17)13-6-14/h1-3,5-6H,4H2,(H,16,17). The molecule has 7 nitrogen and oxygen atoms in total. The molecule has 1 N–H and O–H groups in total. The SMILES string of the molecule is O=C(O)c1cn(Cc2cc(F)ccc2[N+](=O)[O-])cn1. The normalized spacial score (nSPS) is 10.4.